The first kappa shape index (κ1) is 15.7. The molecule has 0 spiro atoms. The minimum absolute atomic E-state index is 0.161. The lowest BCUT2D eigenvalue weighted by atomic mass is 10.2. The van der Waals surface area contributed by atoms with Gasteiger partial charge >= 0.3 is 0 Å². The summed E-state index contributed by atoms with van der Waals surface area (Å²) < 4.78 is 5.50. The third-order valence-electron chi connectivity index (χ3n) is 2.82. The van der Waals surface area contributed by atoms with Gasteiger partial charge in [0, 0.05) is 5.02 Å². The van der Waals surface area contributed by atoms with E-state index < -0.39 is 0 Å². The third-order valence-corrected chi connectivity index (χ3v) is 3.37. The molecule has 0 heterocycles. The summed E-state index contributed by atoms with van der Waals surface area (Å²) in [7, 11) is 0. The van der Waals surface area contributed by atoms with Crippen LogP contribution in [0.1, 0.15) is 12.0 Å². The first-order chi connectivity index (χ1) is 10.0. The van der Waals surface area contributed by atoms with Gasteiger partial charge in [-0.05, 0) is 37.3 Å². The van der Waals surface area contributed by atoms with Gasteiger partial charge in [0.25, 0.3) is 0 Å². The summed E-state index contributed by atoms with van der Waals surface area (Å²) in [6, 6.07) is 12.6. The summed E-state index contributed by atoms with van der Waals surface area (Å²) in [6.45, 7) is 2.31. The molecule has 0 aliphatic rings. The van der Waals surface area contributed by atoms with Crippen LogP contribution >= 0.6 is 23.2 Å². The molecular formula is C16H15Cl2NO2. The second kappa shape index (κ2) is 7.34. The van der Waals surface area contributed by atoms with Crippen LogP contribution in [0, 0.1) is 6.92 Å². The molecule has 1 amide bonds. The van der Waals surface area contributed by atoms with Gasteiger partial charge in [0.1, 0.15) is 5.75 Å². The van der Waals surface area contributed by atoms with Gasteiger partial charge in [-0.15, -0.1) is 0 Å². The van der Waals surface area contributed by atoms with Crippen LogP contribution in [-0.2, 0) is 4.79 Å². The zero-order valence-corrected chi connectivity index (χ0v) is 13.0. The molecule has 1 N–H and O–H groups in total. The Hall–Kier alpha value is -1.71. The Kier molecular flexibility index (Phi) is 5.48. The summed E-state index contributed by atoms with van der Waals surface area (Å²) in [5, 5.41) is 3.66. The number of rotatable bonds is 5. The van der Waals surface area contributed by atoms with Gasteiger partial charge in [-0.1, -0.05) is 40.9 Å². The van der Waals surface area contributed by atoms with Gasteiger partial charge in [-0.2, -0.15) is 0 Å². The van der Waals surface area contributed by atoms with Gasteiger partial charge in [-0.3, -0.25) is 4.79 Å². The number of amides is 1. The van der Waals surface area contributed by atoms with Gasteiger partial charge in [0.15, 0.2) is 0 Å². The number of benzene rings is 2. The van der Waals surface area contributed by atoms with Crippen molar-refractivity contribution in [1.82, 2.24) is 0 Å². The highest BCUT2D eigenvalue weighted by molar-refractivity contribution is 6.36. The number of hydrogen-bond donors (Lipinski definition) is 1. The average molecular weight is 324 g/mol. The van der Waals surface area contributed by atoms with E-state index in [0.29, 0.717) is 22.3 Å². The second-order valence-electron chi connectivity index (χ2n) is 4.58. The molecule has 0 unspecified atom stereocenters. The molecular weight excluding hydrogens is 309 g/mol. The predicted octanol–water partition coefficient (Wildman–Crippen LogP) is 4.71. The molecule has 2 aromatic carbocycles. The van der Waals surface area contributed by atoms with Gasteiger partial charge < -0.3 is 10.1 Å². The number of carbonyl (C=O) groups excluding carboxylic acids is 1. The molecule has 0 atom stereocenters. The number of carbonyl (C=O) groups is 1. The van der Waals surface area contributed by atoms with E-state index in [-0.39, 0.29) is 12.3 Å². The Morgan fingerprint density at radius 3 is 2.52 bits per heavy atom. The van der Waals surface area contributed by atoms with Crippen molar-refractivity contribution < 1.29 is 9.53 Å². The van der Waals surface area contributed by atoms with Crippen molar-refractivity contribution in [3.05, 3.63) is 58.1 Å². The molecule has 0 aliphatic carbocycles. The fourth-order valence-corrected chi connectivity index (χ4v) is 2.16. The van der Waals surface area contributed by atoms with E-state index >= 15 is 0 Å². The Balaban J connectivity index is 1.81. The van der Waals surface area contributed by atoms with Crippen LogP contribution in [-0.4, -0.2) is 12.5 Å². The molecule has 5 heteroatoms. The Bertz CT molecular complexity index is 627. The number of ether oxygens (including phenoxy) is 1. The molecule has 0 aliphatic heterocycles. The number of hydrogen-bond acceptors (Lipinski definition) is 2. The predicted molar refractivity (Wildman–Crippen MR) is 86.4 cm³/mol. The lowest BCUT2D eigenvalue weighted by molar-refractivity contribution is -0.116. The van der Waals surface area contributed by atoms with Crippen molar-refractivity contribution in [3.63, 3.8) is 0 Å². The minimum Gasteiger partial charge on any atom is -0.493 e. The van der Waals surface area contributed by atoms with Crippen LogP contribution < -0.4 is 10.1 Å². The molecule has 3 nitrogen and oxygen atoms in total. The molecule has 110 valence electrons. The van der Waals surface area contributed by atoms with Crippen LogP contribution in [0.3, 0.4) is 0 Å². The first-order valence-electron chi connectivity index (χ1n) is 6.49. The SMILES string of the molecule is Cc1ccc(OCCC(=O)Nc2ccc(Cl)cc2Cl)cc1. The lowest BCUT2D eigenvalue weighted by Crippen LogP contribution is -2.15. The second-order valence-corrected chi connectivity index (χ2v) is 5.43. The van der Waals surface area contributed by atoms with Crippen LogP contribution in [0.4, 0.5) is 5.69 Å². The van der Waals surface area contributed by atoms with Crippen molar-refractivity contribution in [2.75, 3.05) is 11.9 Å². The zero-order valence-electron chi connectivity index (χ0n) is 11.5. The highest BCUT2D eigenvalue weighted by Crippen LogP contribution is 2.25. The quantitative estimate of drug-likeness (QED) is 0.865. The van der Waals surface area contributed by atoms with Crippen LogP contribution in [0.5, 0.6) is 5.75 Å². The molecule has 0 bridgehead atoms. The number of aryl methyl sites for hydroxylation is 1. The maximum absolute atomic E-state index is 11.8. The maximum Gasteiger partial charge on any atom is 0.227 e. The molecule has 2 rings (SSSR count). The number of halogens is 2. The van der Waals surface area contributed by atoms with Crippen molar-refractivity contribution in [2.45, 2.75) is 13.3 Å². The van der Waals surface area contributed by atoms with Crippen LogP contribution in [0.2, 0.25) is 10.0 Å². The van der Waals surface area contributed by atoms with E-state index in [1.165, 1.54) is 0 Å². The molecule has 2 aromatic rings. The smallest absolute Gasteiger partial charge is 0.227 e. The van der Waals surface area contributed by atoms with E-state index in [1.807, 2.05) is 31.2 Å². The molecule has 21 heavy (non-hydrogen) atoms. The summed E-state index contributed by atoms with van der Waals surface area (Å²) in [6.07, 6.45) is 0.243. The van der Waals surface area contributed by atoms with E-state index in [9.17, 15) is 4.79 Å². The first-order valence-corrected chi connectivity index (χ1v) is 7.24. The number of nitrogens with one attached hydrogen (secondary N) is 1. The Morgan fingerprint density at radius 1 is 1.14 bits per heavy atom. The monoisotopic (exact) mass is 323 g/mol. The normalized spacial score (nSPS) is 10.2. The standard InChI is InChI=1S/C16H15Cl2NO2/c1-11-2-5-13(6-3-11)21-9-8-16(20)19-15-7-4-12(17)10-14(15)18/h2-7,10H,8-9H2,1H3,(H,19,20). The third kappa shape index (κ3) is 4.96. The van der Waals surface area contributed by atoms with Gasteiger partial charge in [-0.25, -0.2) is 0 Å². The van der Waals surface area contributed by atoms with Crippen molar-refractivity contribution in [1.29, 1.82) is 0 Å². The molecule has 0 fully saturated rings. The Morgan fingerprint density at radius 2 is 1.86 bits per heavy atom. The average Bonchev–Trinajstić information content (AvgIpc) is 2.44. The minimum atomic E-state index is -0.161. The summed E-state index contributed by atoms with van der Waals surface area (Å²) in [5.74, 6) is 0.587. The Labute approximate surface area is 133 Å². The van der Waals surface area contributed by atoms with E-state index in [2.05, 4.69) is 5.32 Å². The maximum atomic E-state index is 11.8. The van der Waals surface area contributed by atoms with Crippen molar-refractivity contribution in [3.8, 4) is 5.75 Å². The summed E-state index contributed by atoms with van der Waals surface area (Å²) in [5.41, 5.74) is 1.71. The largest absolute Gasteiger partial charge is 0.493 e. The summed E-state index contributed by atoms with van der Waals surface area (Å²) >= 11 is 11.8. The number of anilines is 1. The van der Waals surface area contributed by atoms with Crippen LogP contribution in [0.25, 0.3) is 0 Å². The highest BCUT2D eigenvalue weighted by atomic mass is 35.5. The topological polar surface area (TPSA) is 38.3 Å². The molecule has 0 saturated carbocycles. The molecule has 0 radical (unpaired) electrons. The zero-order chi connectivity index (χ0) is 15.2. The van der Waals surface area contributed by atoms with Gasteiger partial charge in [0.05, 0.1) is 23.7 Å². The summed E-state index contributed by atoms with van der Waals surface area (Å²) in [4.78, 5) is 11.8. The lowest BCUT2D eigenvalue weighted by Gasteiger charge is -2.09. The fraction of sp³-hybridized carbons (Fsp3) is 0.188. The fourth-order valence-electron chi connectivity index (χ4n) is 1.70. The molecule has 0 saturated heterocycles. The van der Waals surface area contributed by atoms with Crippen molar-refractivity contribution >= 4 is 34.8 Å². The highest BCUT2D eigenvalue weighted by Gasteiger charge is 2.06. The van der Waals surface area contributed by atoms with Crippen LogP contribution in [0.15, 0.2) is 42.5 Å². The van der Waals surface area contributed by atoms with E-state index in [1.54, 1.807) is 18.2 Å². The van der Waals surface area contributed by atoms with E-state index in [4.69, 9.17) is 27.9 Å². The van der Waals surface area contributed by atoms with E-state index in [0.717, 1.165) is 11.3 Å². The van der Waals surface area contributed by atoms with Gasteiger partial charge in [0.2, 0.25) is 5.91 Å². The van der Waals surface area contributed by atoms with Crippen molar-refractivity contribution in [2.24, 2.45) is 0 Å². The molecule has 0 aromatic heterocycles.